The Labute approximate surface area is 109 Å². The van der Waals surface area contributed by atoms with E-state index in [4.69, 9.17) is 5.11 Å². The lowest BCUT2D eigenvalue weighted by Crippen LogP contribution is -2.37. The van der Waals surface area contributed by atoms with Crippen molar-refractivity contribution in [1.29, 1.82) is 0 Å². The first kappa shape index (κ1) is 13.1. The van der Waals surface area contributed by atoms with Gasteiger partial charge in [0.2, 0.25) is 0 Å². The van der Waals surface area contributed by atoms with Crippen molar-refractivity contribution in [3.63, 3.8) is 0 Å². The zero-order valence-corrected chi connectivity index (χ0v) is 10.1. The van der Waals surface area contributed by atoms with Crippen LogP contribution in [0.2, 0.25) is 0 Å². The van der Waals surface area contributed by atoms with Crippen LogP contribution in [0.15, 0.2) is 30.4 Å². The molecule has 19 heavy (non-hydrogen) atoms. The predicted octanol–water partition coefficient (Wildman–Crippen LogP) is 2.32. The van der Waals surface area contributed by atoms with Gasteiger partial charge in [0.15, 0.2) is 0 Å². The van der Waals surface area contributed by atoms with Gasteiger partial charge in [0.05, 0.1) is 11.3 Å². The smallest absolute Gasteiger partial charge is 0.337 e. The number of hydrogen-bond acceptors (Lipinski definition) is 2. The van der Waals surface area contributed by atoms with Crippen LogP contribution in [0.5, 0.6) is 0 Å². The molecule has 2 N–H and O–H groups in total. The minimum Gasteiger partial charge on any atom is -0.478 e. The van der Waals surface area contributed by atoms with E-state index in [9.17, 15) is 14.0 Å². The maximum atomic E-state index is 13.0. The Balaban J connectivity index is 2.16. The van der Waals surface area contributed by atoms with Crippen LogP contribution in [0.25, 0.3) is 0 Å². The number of carbonyl (C=O) groups is 2. The molecule has 0 spiro atoms. The monoisotopic (exact) mass is 264 g/mol. The lowest BCUT2D eigenvalue weighted by atomic mass is 10.1. The summed E-state index contributed by atoms with van der Waals surface area (Å²) in [6.45, 7) is 1.06. The molecule has 6 heteroatoms. The van der Waals surface area contributed by atoms with E-state index in [0.717, 1.165) is 18.6 Å². The number of nitrogens with zero attached hydrogens (tertiary/aromatic N) is 1. The second-order valence-corrected chi connectivity index (χ2v) is 4.13. The number of nitrogens with one attached hydrogen (secondary N) is 1. The first-order valence-electron chi connectivity index (χ1n) is 5.81. The highest BCUT2D eigenvalue weighted by molar-refractivity contribution is 6.00. The minimum atomic E-state index is -1.28. The van der Waals surface area contributed by atoms with Crippen LogP contribution >= 0.6 is 0 Å². The highest BCUT2D eigenvalue weighted by Crippen LogP contribution is 2.18. The van der Waals surface area contributed by atoms with Crippen LogP contribution in [-0.4, -0.2) is 35.1 Å². The number of halogens is 1. The SMILES string of the molecule is O=C(O)c1cc(F)ccc1NC(=O)N1CC=CCC1. The molecule has 1 aromatic carbocycles. The van der Waals surface area contributed by atoms with Gasteiger partial charge >= 0.3 is 12.0 Å². The molecular weight excluding hydrogens is 251 g/mol. The van der Waals surface area contributed by atoms with Gasteiger partial charge in [-0.05, 0) is 24.6 Å². The molecule has 0 unspecified atom stereocenters. The Hall–Kier alpha value is -2.37. The van der Waals surface area contributed by atoms with Crippen molar-refractivity contribution in [3.05, 3.63) is 41.7 Å². The number of carboxylic acid groups (broad SMARTS) is 1. The van der Waals surface area contributed by atoms with Crippen molar-refractivity contribution in [2.45, 2.75) is 6.42 Å². The molecule has 0 radical (unpaired) electrons. The summed E-state index contributed by atoms with van der Waals surface area (Å²) in [4.78, 5) is 24.5. The second kappa shape index (κ2) is 5.51. The highest BCUT2D eigenvalue weighted by atomic mass is 19.1. The fourth-order valence-electron chi connectivity index (χ4n) is 1.82. The van der Waals surface area contributed by atoms with Gasteiger partial charge in [0, 0.05) is 13.1 Å². The molecule has 0 aliphatic carbocycles. The summed E-state index contributed by atoms with van der Waals surface area (Å²) in [7, 11) is 0. The molecule has 0 saturated carbocycles. The maximum absolute atomic E-state index is 13.0. The first-order valence-corrected chi connectivity index (χ1v) is 5.81. The zero-order chi connectivity index (χ0) is 13.8. The molecule has 5 nitrogen and oxygen atoms in total. The zero-order valence-electron chi connectivity index (χ0n) is 10.1. The van der Waals surface area contributed by atoms with Gasteiger partial charge in [0.25, 0.3) is 0 Å². The molecule has 1 aliphatic rings. The molecule has 0 saturated heterocycles. The molecule has 1 aliphatic heterocycles. The number of carboxylic acids is 1. The van der Waals surface area contributed by atoms with Crippen molar-refractivity contribution < 1.29 is 19.1 Å². The quantitative estimate of drug-likeness (QED) is 0.805. The summed E-state index contributed by atoms with van der Waals surface area (Å²) in [5.74, 6) is -1.94. The minimum absolute atomic E-state index is 0.0912. The lowest BCUT2D eigenvalue weighted by Gasteiger charge is -2.24. The molecule has 1 heterocycles. The van der Waals surface area contributed by atoms with Crippen LogP contribution in [0, 0.1) is 5.82 Å². The third kappa shape index (κ3) is 3.09. The third-order valence-electron chi connectivity index (χ3n) is 2.80. The van der Waals surface area contributed by atoms with E-state index in [0.29, 0.717) is 13.1 Å². The van der Waals surface area contributed by atoms with E-state index in [2.05, 4.69) is 5.32 Å². The van der Waals surface area contributed by atoms with Crippen molar-refractivity contribution in [2.24, 2.45) is 0 Å². The number of carbonyl (C=O) groups excluding carboxylic acids is 1. The van der Waals surface area contributed by atoms with Crippen LogP contribution in [0.1, 0.15) is 16.8 Å². The molecule has 1 aromatic rings. The molecule has 0 fully saturated rings. The van der Waals surface area contributed by atoms with Crippen LogP contribution in [0.3, 0.4) is 0 Å². The van der Waals surface area contributed by atoms with Crippen molar-refractivity contribution in [1.82, 2.24) is 4.90 Å². The number of rotatable bonds is 2. The summed E-state index contributed by atoms with van der Waals surface area (Å²) in [6, 6.07) is 2.85. The van der Waals surface area contributed by atoms with E-state index in [1.165, 1.54) is 6.07 Å². The van der Waals surface area contributed by atoms with Gasteiger partial charge in [0.1, 0.15) is 5.82 Å². The number of hydrogen-bond donors (Lipinski definition) is 2. The Morgan fingerprint density at radius 1 is 1.32 bits per heavy atom. The first-order chi connectivity index (χ1) is 9.08. The Kier molecular flexibility index (Phi) is 3.79. The van der Waals surface area contributed by atoms with Gasteiger partial charge in [-0.2, -0.15) is 0 Å². The van der Waals surface area contributed by atoms with Crippen molar-refractivity contribution >= 4 is 17.7 Å². The summed E-state index contributed by atoms with van der Waals surface area (Å²) < 4.78 is 13.0. The van der Waals surface area contributed by atoms with Crippen LogP contribution in [0.4, 0.5) is 14.9 Å². The molecule has 0 bridgehead atoms. The predicted molar refractivity (Wildman–Crippen MR) is 67.7 cm³/mol. The van der Waals surface area contributed by atoms with Gasteiger partial charge in [-0.15, -0.1) is 0 Å². The van der Waals surface area contributed by atoms with Crippen molar-refractivity contribution in [3.8, 4) is 0 Å². The topological polar surface area (TPSA) is 69.6 Å². The van der Waals surface area contributed by atoms with Crippen LogP contribution < -0.4 is 5.32 Å². The normalized spacial score (nSPS) is 14.3. The summed E-state index contributed by atoms with van der Waals surface area (Å²) >= 11 is 0. The third-order valence-corrected chi connectivity index (χ3v) is 2.80. The lowest BCUT2D eigenvalue weighted by molar-refractivity contribution is 0.0697. The van der Waals surface area contributed by atoms with E-state index in [1.807, 2.05) is 12.2 Å². The second-order valence-electron chi connectivity index (χ2n) is 4.13. The van der Waals surface area contributed by atoms with Crippen LogP contribution in [-0.2, 0) is 0 Å². The Bertz CT molecular complexity index is 543. The average molecular weight is 264 g/mol. The Morgan fingerprint density at radius 3 is 2.74 bits per heavy atom. The van der Waals surface area contributed by atoms with Gasteiger partial charge in [-0.1, -0.05) is 12.2 Å². The number of benzene rings is 1. The molecule has 0 aromatic heterocycles. The number of urea groups is 1. The molecule has 2 amide bonds. The fraction of sp³-hybridized carbons (Fsp3) is 0.231. The molecular formula is C13H13FN2O3. The van der Waals surface area contributed by atoms with Gasteiger partial charge < -0.3 is 15.3 Å². The van der Waals surface area contributed by atoms with Gasteiger partial charge in [-0.3, -0.25) is 0 Å². The number of amides is 2. The molecule has 2 rings (SSSR count). The fourth-order valence-corrected chi connectivity index (χ4v) is 1.82. The standard InChI is InChI=1S/C13H13FN2O3/c14-9-4-5-11(10(8-9)12(17)18)15-13(19)16-6-2-1-3-7-16/h1-2,4-5,8H,3,6-7H2,(H,15,19)(H,17,18). The van der Waals surface area contributed by atoms with E-state index in [1.54, 1.807) is 4.90 Å². The van der Waals surface area contributed by atoms with E-state index >= 15 is 0 Å². The highest BCUT2D eigenvalue weighted by Gasteiger charge is 2.17. The summed E-state index contributed by atoms with van der Waals surface area (Å²) in [5.41, 5.74) is -0.172. The number of anilines is 1. The molecule has 0 atom stereocenters. The summed E-state index contributed by atoms with van der Waals surface area (Å²) in [6.07, 6.45) is 4.61. The summed E-state index contributed by atoms with van der Waals surface area (Å²) in [5, 5.41) is 11.5. The Morgan fingerprint density at radius 2 is 2.11 bits per heavy atom. The van der Waals surface area contributed by atoms with E-state index in [-0.39, 0.29) is 11.3 Å². The van der Waals surface area contributed by atoms with Gasteiger partial charge in [-0.25, -0.2) is 14.0 Å². The van der Waals surface area contributed by atoms with E-state index < -0.39 is 17.8 Å². The average Bonchev–Trinajstić information content (AvgIpc) is 2.41. The molecule has 100 valence electrons. The number of aromatic carboxylic acids is 1. The largest absolute Gasteiger partial charge is 0.478 e. The maximum Gasteiger partial charge on any atom is 0.337 e. The van der Waals surface area contributed by atoms with Crippen molar-refractivity contribution in [2.75, 3.05) is 18.4 Å².